The number of hydrogen-bond acceptors (Lipinski definition) is 2. The fraction of sp³-hybridized carbons (Fsp3) is 0.400. The Bertz CT molecular complexity index is 389. The van der Waals surface area contributed by atoms with E-state index in [0.717, 1.165) is 12.1 Å². The molecule has 0 atom stereocenters. The van der Waals surface area contributed by atoms with E-state index in [4.69, 9.17) is 5.73 Å². The van der Waals surface area contributed by atoms with E-state index in [0.29, 0.717) is 0 Å². The van der Waals surface area contributed by atoms with E-state index in [1.165, 1.54) is 0 Å². The number of rotatable bonds is 4. The molecule has 0 radical (unpaired) electrons. The molecule has 0 aliphatic carbocycles. The molecule has 0 amide bonds. The molecule has 3 N–H and O–H groups in total. The molecule has 0 unspecified atom stereocenters. The quantitative estimate of drug-likeness (QED) is 0.491. The summed E-state index contributed by atoms with van der Waals surface area (Å²) in [6.07, 6.45) is -5.48. The molecule has 96 valence electrons. The molecule has 0 aliphatic rings. The first-order valence-corrected chi connectivity index (χ1v) is 4.85. The molecule has 0 aromatic heterocycles. The molecule has 0 aliphatic heterocycles. The van der Waals surface area contributed by atoms with E-state index in [9.17, 15) is 22.0 Å². The highest BCUT2D eigenvalue weighted by Gasteiger charge is 2.26. The third-order valence-electron chi connectivity index (χ3n) is 2.07. The molecule has 1 aromatic rings. The van der Waals surface area contributed by atoms with Gasteiger partial charge < -0.3 is 11.1 Å². The summed E-state index contributed by atoms with van der Waals surface area (Å²) in [7, 11) is 0. The highest BCUT2D eigenvalue weighted by Crippen LogP contribution is 2.25. The van der Waals surface area contributed by atoms with Gasteiger partial charge in [0.25, 0.3) is 0 Å². The van der Waals surface area contributed by atoms with E-state index in [1.807, 2.05) is 0 Å². The van der Waals surface area contributed by atoms with Crippen molar-refractivity contribution in [1.29, 1.82) is 0 Å². The molecule has 0 bridgehead atoms. The monoisotopic (exact) mass is 254 g/mol. The van der Waals surface area contributed by atoms with Crippen molar-refractivity contribution in [1.82, 2.24) is 0 Å². The van der Waals surface area contributed by atoms with Crippen molar-refractivity contribution in [2.75, 3.05) is 17.6 Å². The molecule has 1 rings (SSSR count). The Kier molecular flexibility index (Phi) is 4.14. The van der Waals surface area contributed by atoms with E-state index in [-0.39, 0.29) is 24.3 Å². The number of hydrogen-bond donors (Lipinski definition) is 2. The minimum Gasteiger partial charge on any atom is -0.397 e. The summed E-state index contributed by atoms with van der Waals surface area (Å²) in [4.78, 5) is 0. The van der Waals surface area contributed by atoms with Gasteiger partial charge in [0.2, 0.25) is 0 Å². The van der Waals surface area contributed by atoms with Crippen LogP contribution in [0.2, 0.25) is 0 Å². The highest BCUT2D eigenvalue weighted by molar-refractivity contribution is 5.66. The smallest absolute Gasteiger partial charge is 0.389 e. The summed E-state index contributed by atoms with van der Waals surface area (Å²) < 4.78 is 61.4. The summed E-state index contributed by atoms with van der Waals surface area (Å²) >= 11 is 0. The third kappa shape index (κ3) is 4.08. The zero-order valence-electron chi connectivity index (χ0n) is 8.74. The Morgan fingerprint density at radius 1 is 1.18 bits per heavy atom. The molecule has 0 saturated heterocycles. The zero-order valence-corrected chi connectivity index (χ0v) is 8.74. The minimum absolute atomic E-state index is 0.0455. The van der Waals surface area contributed by atoms with Crippen molar-refractivity contribution in [2.24, 2.45) is 0 Å². The molecule has 0 fully saturated rings. The minimum atomic E-state index is -4.26. The molecule has 0 saturated carbocycles. The van der Waals surface area contributed by atoms with Gasteiger partial charge in [-0.25, -0.2) is 8.78 Å². The summed E-state index contributed by atoms with van der Waals surface area (Å²) in [5.41, 5.74) is 5.02. The Morgan fingerprint density at radius 2 is 1.82 bits per heavy atom. The zero-order chi connectivity index (χ0) is 13.1. The lowest BCUT2D eigenvalue weighted by Crippen LogP contribution is -2.12. The normalized spacial score (nSPS) is 11.6. The number of anilines is 2. The molecule has 7 heteroatoms. The number of nitrogens with two attached hydrogens (primary N) is 1. The standard InChI is InChI=1S/C10H11F5N2/c11-6-2-3-7(16)9(8(6)12)17-5-1-4-10(13,14)15/h2-3,17H,1,4-5,16H2. The van der Waals surface area contributed by atoms with Gasteiger partial charge in [-0.3, -0.25) is 0 Å². The molecule has 17 heavy (non-hydrogen) atoms. The Morgan fingerprint density at radius 3 is 2.41 bits per heavy atom. The average Bonchev–Trinajstić information content (AvgIpc) is 2.21. The predicted molar refractivity (Wildman–Crippen MR) is 54.5 cm³/mol. The van der Waals surface area contributed by atoms with Crippen LogP contribution in [0.3, 0.4) is 0 Å². The maximum atomic E-state index is 13.2. The van der Waals surface area contributed by atoms with Crippen LogP contribution in [0, 0.1) is 11.6 Å². The van der Waals surface area contributed by atoms with E-state index in [1.54, 1.807) is 0 Å². The molecule has 0 heterocycles. The van der Waals surface area contributed by atoms with Gasteiger partial charge in [-0.2, -0.15) is 13.2 Å². The van der Waals surface area contributed by atoms with Crippen molar-refractivity contribution in [3.63, 3.8) is 0 Å². The molecular weight excluding hydrogens is 243 g/mol. The fourth-order valence-electron chi connectivity index (χ4n) is 1.25. The van der Waals surface area contributed by atoms with Gasteiger partial charge in [-0.15, -0.1) is 0 Å². The first-order chi connectivity index (χ1) is 7.81. The van der Waals surface area contributed by atoms with Gasteiger partial charge in [0.1, 0.15) is 0 Å². The van der Waals surface area contributed by atoms with E-state index in [2.05, 4.69) is 5.32 Å². The molecule has 2 nitrogen and oxygen atoms in total. The fourth-order valence-corrected chi connectivity index (χ4v) is 1.25. The summed E-state index contributed by atoms with van der Waals surface area (Å²) in [6.45, 7) is -0.135. The van der Waals surface area contributed by atoms with Crippen LogP contribution >= 0.6 is 0 Å². The van der Waals surface area contributed by atoms with Crippen molar-refractivity contribution in [2.45, 2.75) is 19.0 Å². The lowest BCUT2D eigenvalue weighted by atomic mass is 10.2. The largest absolute Gasteiger partial charge is 0.397 e. The first kappa shape index (κ1) is 13.5. The number of halogens is 5. The Hall–Kier alpha value is -1.53. The van der Waals surface area contributed by atoms with E-state index >= 15 is 0 Å². The van der Waals surface area contributed by atoms with Gasteiger partial charge in [-0.1, -0.05) is 0 Å². The summed E-state index contributed by atoms with van der Waals surface area (Å²) in [6, 6.07) is 2.00. The van der Waals surface area contributed by atoms with Crippen LogP contribution < -0.4 is 11.1 Å². The number of nitrogens with one attached hydrogen (secondary N) is 1. The van der Waals surface area contributed by atoms with Crippen molar-refractivity contribution < 1.29 is 22.0 Å². The van der Waals surface area contributed by atoms with Crippen molar-refractivity contribution in [3.8, 4) is 0 Å². The van der Waals surface area contributed by atoms with Crippen molar-refractivity contribution >= 4 is 11.4 Å². The Labute approximate surface area is 94.6 Å². The van der Waals surface area contributed by atoms with Crippen LogP contribution in [0.5, 0.6) is 0 Å². The van der Waals surface area contributed by atoms with Gasteiger partial charge in [0, 0.05) is 13.0 Å². The van der Waals surface area contributed by atoms with Gasteiger partial charge >= 0.3 is 6.18 Å². The number of alkyl halides is 3. The van der Waals surface area contributed by atoms with Crippen LogP contribution in [0.15, 0.2) is 12.1 Å². The lowest BCUT2D eigenvalue weighted by Gasteiger charge is -2.11. The molecular formula is C10H11F5N2. The van der Waals surface area contributed by atoms with Crippen molar-refractivity contribution in [3.05, 3.63) is 23.8 Å². The Balaban J connectivity index is 2.55. The van der Waals surface area contributed by atoms with Gasteiger partial charge in [0.15, 0.2) is 11.6 Å². The maximum absolute atomic E-state index is 13.2. The van der Waals surface area contributed by atoms with Crippen LogP contribution in [-0.4, -0.2) is 12.7 Å². The SMILES string of the molecule is Nc1ccc(F)c(F)c1NCCCC(F)(F)F. The predicted octanol–water partition coefficient (Wildman–Crippen LogP) is 3.30. The second-order valence-corrected chi connectivity index (χ2v) is 3.47. The summed E-state index contributed by atoms with van der Waals surface area (Å²) in [5, 5.41) is 2.35. The highest BCUT2D eigenvalue weighted by atomic mass is 19.4. The first-order valence-electron chi connectivity index (χ1n) is 4.85. The topological polar surface area (TPSA) is 38.0 Å². The summed E-state index contributed by atoms with van der Waals surface area (Å²) in [5.74, 6) is -2.28. The third-order valence-corrected chi connectivity index (χ3v) is 2.07. The number of benzene rings is 1. The molecule has 0 spiro atoms. The van der Waals surface area contributed by atoms with Crippen LogP contribution in [-0.2, 0) is 0 Å². The lowest BCUT2D eigenvalue weighted by molar-refractivity contribution is -0.134. The van der Waals surface area contributed by atoms with Gasteiger partial charge in [-0.05, 0) is 18.6 Å². The maximum Gasteiger partial charge on any atom is 0.389 e. The average molecular weight is 254 g/mol. The molecule has 1 aromatic carbocycles. The second kappa shape index (κ2) is 5.20. The van der Waals surface area contributed by atoms with E-state index < -0.39 is 24.2 Å². The van der Waals surface area contributed by atoms with Crippen LogP contribution in [0.1, 0.15) is 12.8 Å². The van der Waals surface area contributed by atoms with Gasteiger partial charge in [0.05, 0.1) is 11.4 Å². The number of nitrogen functional groups attached to an aromatic ring is 1. The van der Waals surface area contributed by atoms with Crippen LogP contribution in [0.25, 0.3) is 0 Å². The van der Waals surface area contributed by atoms with Crippen LogP contribution in [0.4, 0.5) is 33.3 Å². The second-order valence-electron chi connectivity index (χ2n) is 3.47.